The van der Waals surface area contributed by atoms with Gasteiger partial charge in [0.15, 0.2) is 6.61 Å². The van der Waals surface area contributed by atoms with Gasteiger partial charge < -0.3 is 28.8 Å². The zero-order valence-corrected chi connectivity index (χ0v) is 18.3. The molecular formula is C23H24N2O7. The number of nitrogens with one attached hydrogen (secondary N) is 1. The third-order valence-corrected chi connectivity index (χ3v) is 4.63. The Hall–Kier alpha value is -4.01. The quantitative estimate of drug-likeness (QED) is 0.502. The molecule has 2 aromatic carbocycles. The Bertz CT molecular complexity index is 1070. The smallest absolute Gasteiger partial charge is 0.342 e. The zero-order chi connectivity index (χ0) is 23.1. The molecule has 0 aliphatic heterocycles. The second kappa shape index (κ2) is 10.3. The maximum atomic E-state index is 12.6. The molecule has 0 aliphatic rings. The highest BCUT2D eigenvalue weighted by Crippen LogP contribution is 2.26. The second-order valence-corrected chi connectivity index (χ2v) is 6.81. The number of anilines is 1. The van der Waals surface area contributed by atoms with Crippen molar-refractivity contribution in [3.05, 3.63) is 65.0 Å². The minimum Gasteiger partial charge on any atom is -0.497 e. The number of aryl methyl sites for hydroxylation is 2. The summed E-state index contributed by atoms with van der Waals surface area (Å²) in [5.41, 5.74) is 2.18. The van der Waals surface area contributed by atoms with Gasteiger partial charge in [0.05, 0.1) is 25.5 Å². The van der Waals surface area contributed by atoms with Gasteiger partial charge in [0.1, 0.15) is 35.2 Å². The molecule has 0 unspecified atom stereocenters. The maximum Gasteiger partial charge on any atom is 0.342 e. The fourth-order valence-electron chi connectivity index (χ4n) is 2.90. The van der Waals surface area contributed by atoms with Crippen LogP contribution in [0.2, 0.25) is 0 Å². The molecule has 32 heavy (non-hydrogen) atoms. The van der Waals surface area contributed by atoms with Crippen molar-refractivity contribution in [1.29, 1.82) is 0 Å². The molecule has 1 heterocycles. The van der Waals surface area contributed by atoms with Crippen LogP contribution in [0.15, 0.2) is 47.0 Å². The van der Waals surface area contributed by atoms with Crippen LogP contribution in [0.1, 0.15) is 27.4 Å². The van der Waals surface area contributed by atoms with Gasteiger partial charge in [0, 0.05) is 23.9 Å². The predicted octanol–water partition coefficient (Wildman–Crippen LogP) is 3.68. The van der Waals surface area contributed by atoms with Gasteiger partial charge in [0.25, 0.3) is 5.91 Å². The normalized spacial score (nSPS) is 10.4. The first-order valence-corrected chi connectivity index (χ1v) is 9.75. The maximum absolute atomic E-state index is 12.6. The van der Waals surface area contributed by atoms with Crippen molar-refractivity contribution >= 4 is 17.6 Å². The molecule has 0 spiro atoms. The van der Waals surface area contributed by atoms with Gasteiger partial charge in [0.2, 0.25) is 0 Å². The van der Waals surface area contributed by atoms with Gasteiger partial charge in [-0.25, -0.2) is 4.79 Å². The number of hydrogen-bond acceptors (Lipinski definition) is 8. The summed E-state index contributed by atoms with van der Waals surface area (Å²) in [6.45, 7) is 3.31. The van der Waals surface area contributed by atoms with Crippen LogP contribution in [0.3, 0.4) is 0 Å². The molecule has 3 aromatic rings. The molecule has 1 amide bonds. The number of esters is 1. The van der Waals surface area contributed by atoms with Crippen LogP contribution in [-0.2, 0) is 16.1 Å². The van der Waals surface area contributed by atoms with Crippen LogP contribution in [-0.4, -0.2) is 37.9 Å². The molecule has 0 radical (unpaired) electrons. The van der Waals surface area contributed by atoms with E-state index in [-0.39, 0.29) is 12.2 Å². The fourth-order valence-corrected chi connectivity index (χ4v) is 2.90. The highest BCUT2D eigenvalue weighted by Gasteiger charge is 2.17. The molecule has 3 rings (SSSR count). The van der Waals surface area contributed by atoms with Crippen LogP contribution >= 0.6 is 0 Å². The molecule has 9 nitrogen and oxygen atoms in total. The van der Waals surface area contributed by atoms with E-state index in [1.165, 1.54) is 14.2 Å². The Balaban J connectivity index is 1.61. The Morgan fingerprint density at radius 2 is 1.72 bits per heavy atom. The van der Waals surface area contributed by atoms with E-state index in [1.54, 1.807) is 49.4 Å². The molecule has 9 heteroatoms. The van der Waals surface area contributed by atoms with Crippen LogP contribution in [0.4, 0.5) is 5.69 Å². The first kappa shape index (κ1) is 22.7. The summed E-state index contributed by atoms with van der Waals surface area (Å²) in [5, 5.41) is 6.53. The lowest BCUT2D eigenvalue weighted by Gasteiger charge is -2.12. The molecule has 168 valence electrons. The van der Waals surface area contributed by atoms with Crippen LogP contribution in [0, 0.1) is 13.8 Å². The van der Waals surface area contributed by atoms with E-state index in [2.05, 4.69) is 10.5 Å². The minimum atomic E-state index is -0.683. The molecular weight excluding hydrogens is 416 g/mol. The molecule has 0 atom stereocenters. The largest absolute Gasteiger partial charge is 0.497 e. The predicted molar refractivity (Wildman–Crippen MR) is 115 cm³/mol. The van der Waals surface area contributed by atoms with Crippen LogP contribution < -0.4 is 19.5 Å². The average molecular weight is 440 g/mol. The van der Waals surface area contributed by atoms with E-state index >= 15 is 0 Å². The van der Waals surface area contributed by atoms with Gasteiger partial charge in [-0.05, 0) is 26.0 Å². The molecule has 0 fully saturated rings. The summed E-state index contributed by atoms with van der Waals surface area (Å²) < 4.78 is 26.4. The van der Waals surface area contributed by atoms with Gasteiger partial charge in [-0.1, -0.05) is 17.3 Å². The summed E-state index contributed by atoms with van der Waals surface area (Å²) in [7, 11) is 3.01. The van der Waals surface area contributed by atoms with Crippen molar-refractivity contribution in [3.8, 4) is 17.2 Å². The Labute approximate surface area is 185 Å². The second-order valence-electron chi connectivity index (χ2n) is 6.81. The van der Waals surface area contributed by atoms with Crippen molar-refractivity contribution < 1.29 is 33.1 Å². The number of aromatic nitrogens is 1. The van der Waals surface area contributed by atoms with Crippen LogP contribution in [0.25, 0.3) is 0 Å². The lowest BCUT2D eigenvalue weighted by Crippen LogP contribution is -2.21. The fraction of sp³-hybridized carbons (Fsp3) is 0.261. The summed E-state index contributed by atoms with van der Waals surface area (Å²) in [5.74, 6) is 0.811. The molecule has 0 bridgehead atoms. The monoisotopic (exact) mass is 440 g/mol. The standard InChI is InChI=1S/C23H24N2O7/c1-14-20(15(2)32-25-14)12-30-21-8-6-5-7-19(21)23(27)31-13-22(26)24-16-9-17(28-3)11-18(10-16)29-4/h5-11H,12-13H2,1-4H3,(H,24,26). The van der Waals surface area contributed by atoms with Crippen molar-refractivity contribution in [2.24, 2.45) is 0 Å². The van der Waals surface area contributed by atoms with E-state index in [9.17, 15) is 9.59 Å². The zero-order valence-electron chi connectivity index (χ0n) is 18.3. The van der Waals surface area contributed by atoms with Gasteiger partial charge in [-0.15, -0.1) is 0 Å². The Morgan fingerprint density at radius 3 is 2.34 bits per heavy atom. The summed E-state index contributed by atoms with van der Waals surface area (Å²) in [6.07, 6.45) is 0. The van der Waals surface area contributed by atoms with Crippen molar-refractivity contribution in [2.45, 2.75) is 20.5 Å². The number of hydrogen-bond donors (Lipinski definition) is 1. The first-order chi connectivity index (χ1) is 15.4. The molecule has 1 N–H and O–H groups in total. The average Bonchev–Trinajstić information content (AvgIpc) is 3.12. The van der Waals surface area contributed by atoms with Crippen molar-refractivity contribution in [1.82, 2.24) is 5.16 Å². The number of carbonyl (C=O) groups excluding carboxylic acids is 2. The molecule has 0 saturated heterocycles. The van der Waals surface area contributed by atoms with Gasteiger partial charge in [-0.2, -0.15) is 0 Å². The van der Waals surface area contributed by atoms with E-state index in [4.69, 9.17) is 23.5 Å². The molecule has 1 aromatic heterocycles. The molecule has 0 saturated carbocycles. The van der Waals surface area contributed by atoms with Crippen molar-refractivity contribution in [3.63, 3.8) is 0 Å². The van der Waals surface area contributed by atoms with Crippen molar-refractivity contribution in [2.75, 3.05) is 26.1 Å². The van der Waals surface area contributed by atoms with E-state index in [1.807, 2.05) is 6.92 Å². The molecule has 0 aliphatic carbocycles. The number of methoxy groups -OCH3 is 2. The number of para-hydroxylation sites is 1. The minimum absolute atomic E-state index is 0.184. The Kier molecular flexibility index (Phi) is 7.33. The number of rotatable bonds is 9. The third kappa shape index (κ3) is 5.57. The topological polar surface area (TPSA) is 109 Å². The van der Waals surface area contributed by atoms with Gasteiger partial charge in [-0.3, -0.25) is 4.79 Å². The highest BCUT2D eigenvalue weighted by atomic mass is 16.5. The van der Waals surface area contributed by atoms with E-state index in [0.717, 1.165) is 5.56 Å². The number of ether oxygens (including phenoxy) is 4. The van der Waals surface area contributed by atoms with E-state index in [0.29, 0.717) is 34.4 Å². The number of nitrogens with zero attached hydrogens (tertiary/aromatic N) is 1. The van der Waals surface area contributed by atoms with Gasteiger partial charge >= 0.3 is 5.97 Å². The summed E-state index contributed by atoms with van der Waals surface area (Å²) in [4.78, 5) is 24.8. The first-order valence-electron chi connectivity index (χ1n) is 9.75. The third-order valence-electron chi connectivity index (χ3n) is 4.63. The highest BCUT2D eigenvalue weighted by molar-refractivity contribution is 5.97. The summed E-state index contributed by atoms with van der Waals surface area (Å²) >= 11 is 0. The number of carbonyl (C=O) groups is 2. The number of benzene rings is 2. The number of amides is 1. The van der Waals surface area contributed by atoms with Crippen LogP contribution in [0.5, 0.6) is 17.2 Å². The summed E-state index contributed by atoms with van der Waals surface area (Å²) in [6, 6.07) is 11.6. The lowest BCUT2D eigenvalue weighted by molar-refractivity contribution is -0.119. The SMILES string of the molecule is COc1cc(NC(=O)COC(=O)c2ccccc2OCc2c(C)noc2C)cc(OC)c1. The van der Waals surface area contributed by atoms with E-state index < -0.39 is 18.5 Å². The lowest BCUT2D eigenvalue weighted by atomic mass is 10.2. The Morgan fingerprint density at radius 1 is 1.03 bits per heavy atom.